The number of hydrogen-bond donors (Lipinski definition) is 1. The van der Waals surface area contributed by atoms with E-state index in [-0.39, 0.29) is 18.0 Å². The third kappa shape index (κ3) is 4.67. The van der Waals surface area contributed by atoms with Crippen LogP contribution < -0.4 is 4.74 Å². The first-order chi connectivity index (χ1) is 13.2. The van der Waals surface area contributed by atoms with Crippen molar-refractivity contribution < 1.29 is 19.0 Å². The van der Waals surface area contributed by atoms with Crippen molar-refractivity contribution in [2.24, 2.45) is 0 Å². The number of benzene rings is 2. The van der Waals surface area contributed by atoms with Crippen molar-refractivity contribution in [3.05, 3.63) is 65.5 Å². The van der Waals surface area contributed by atoms with Crippen LogP contribution in [0.1, 0.15) is 30.1 Å². The Balaban J connectivity index is 1.21. The van der Waals surface area contributed by atoms with Crippen LogP contribution in [0.15, 0.2) is 48.5 Å². The zero-order chi connectivity index (χ0) is 18.6. The third-order valence-corrected chi connectivity index (χ3v) is 5.36. The number of aliphatic hydroxyl groups excluding tert-OH is 1. The van der Waals surface area contributed by atoms with E-state index in [0.717, 1.165) is 32.4 Å². The first-order valence-electron chi connectivity index (χ1n) is 9.69. The van der Waals surface area contributed by atoms with E-state index in [0.29, 0.717) is 18.9 Å². The number of fused-ring (bicyclic) bond motifs is 1. The Hall–Kier alpha value is -1.95. The van der Waals surface area contributed by atoms with E-state index >= 15 is 0 Å². The van der Waals surface area contributed by atoms with Crippen LogP contribution in [0.2, 0.25) is 0 Å². The minimum Gasteiger partial charge on any atom is -0.489 e. The fourth-order valence-electron chi connectivity index (χ4n) is 4.06. The SMILES string of the molecule is OC(CO[C@H]1CCc2ccccc21)CN1CC[C@H](Oc2cccc(F)c2)C1. The van der Waals surface area contributed by atoms with Crippen molar-refractivity contribution in [3.63, 3.8) is 0 Å². The molecule has 2 aliphatic rings. The molecule has 1 N–H and O–H groups in total. The molecule has 1 heterocycles. The highest BCUT2D eigenvalue weighted by Crippen LogP contribution is 2.33. The summed E-state index contributed by atoms with van der Waals surface area (Å²) in [6.07, 6.45) is 2.51. The van der Waals surface area contributed by atoms with Crippen LogP contribution in [0.4, 0.5) is 4.39 Å². The maximum atomic E-state index is 13.3. The van der Waals surface area contributed by atoms with Gasteiger partial charge in [-0.25, -0.2) is 4.39 Å². The molecular weight excluding hydrogens is 345 g/mol. The van der Waals surface area contributed by atoms with E-state index in [9.17, 15) is 9.50 Å². The fourth-order valence-corrected chi connectivity index (χ4v) is 4.06. The van der Waals surface area contributed by atoms with E-state index in [1.165, 1.54) is 23.3 Å². The lowest BCUT2D eigenvalue weighted by Crippen LogP contribution is -2.35. The molecule has 0 saturated carbocycles. The van der Waals surface area contributed by atoms with Gasteiger partial charge in [0.05, 0.1) is 18.8 Å². The van der Waals surface area contributed by atoms with Gasteiger partial charge in [0.25, 0.3) is 0 Å². The van der Waals surface area contributed by atoms with Crippen LogP contribution in [0, 0.1) is 5.82 Å². The highest BCUT2D eigenvalue weighted by atomic mass is 19.1. The van der Waals surface area contributed by atoms with E-state index in [1.807, 2.05) is 6.07 Å². The van der Waals surface area contributed by atoms with Crippen LogP contribution in [-0.2, 0) is 11.2 Å². The van der Waals surface area contributed by atoms with E-state index in [2.05, 4.69) is 23.1 Å². The van der Waals surface area contributed by atoms with Gasteiger partial charge in [-0.3, -0.25) is 4.90 Å². The number of ether oxygens (including phenoxy) is 2. The Morgan fingerprint density at radius 3 is 2.93 bits per heavy atom. The number of likely N-dealkylation sites (tertiary alicyclic amines) is 1. The Morgan fingerprint density at radius 2 is 2.04 bits per heavy atom. The molecule has 4 nitrogen and oxygen atoms in total. The molecule has 1 aliphatic carbocycles. The molecule has 0 spiro atoms. The number of aryl methyl sites for hydroxylation is 1. The zero-order valence-corrected chi connectivity index (χ0v) is 15.4. The van der Waals surface area contributed by atoms with Gasteiger partial charge in [0.1, 0.15) is 17.7 Å². The Morgan fingerprint density at radius 1 is 1.15 bits per heavy atom. The van der Waals surface area contributed by atoms with Crippen LogP contribution in [-0.4, -0.2) is 48.5 Å². The van der Waals surface area contributed by atoms with Crippen molar-refractivity contribution in [1.29, 1.82) is 0 Å². The number of aliphatic hydroxyl groups is 1. The number of halogens is 1. The second kappa shape index (κ2) is 8.38. The average molecular weight is 371 g/mol. The van der Waals surface area contributed by atoms with Gasteiger partial charge in [0.15, 0.2) is 0 Å². The van der Waals surface area contributed by atoms with Gasteiger partial charge in [-0.05, 0) is 42.5 Å². The highest BCUT2D eigenvalue weighted by molar-refractivity contribution is 5.33. The minimum absolute atomic E-state index is 0.0293. The zero-order valence-electron chi connectivity index (χ0n) is 15.4. The lowest BCUT2D eigenvalue weighted by Gasteiger charge is -2.22. The quantitative estimate of drug-likeness (QED) is 0.811. The largest absolute Gasteiger partial charge is 0.489 e. The molecule has 1 unspecified atom stereocenters. The van der Waals surface area contributed by atoms with Crippen LogP contribution in [0.3, 0.4) is 0 Å². The van der Waals surface area contributed by atoms with Gasteiger partial charge in [-0.1, -0.05) is 30.3 Å². The van der Waals surface area contributed by atoms with Crippen LogP contribution >= 0.6 is 0 Å². The normalized spacial score (nSPS) is 23.3. The third-order valence-electron chi connectivity index (χ3n) is 5.36. The molecule has 1 fully saturated rings. The topological polar surface area (TPSA) is 41.9 Å². The van der Waals surface area contributed by atoms with E-state index in [1.54, 1.807) is 12.1 Å². The van der Waals surface area contributed by atoms with Gasteiger partial charge in [-0.2, -0.15) is 0 Å². The molecular formula is C22H26FNO3. The maximum absolute atomic E-state index is 13.3. The predicted molar refractivity (Wildman–Crippen MR) is 101 cm³/mol. The van der Waals surface area contributed by atoms with Gasteiger partial charge >= 0.3 is 0 Å². The van der Waals surface area contributed by atoms with Crippen molar-refractivity contribution in [2.45, 2.75) is 37.6 Å². The van der Waals surface area contributed by atoms with Crippen molar-refractivity contribution >= 4 is 0 Å². The highest BCUT2D eigenvalue weighted by Gasteiger charge is 2.27. The second-order valence-corrected chi connectivity index (χ2v) is 7.46. The summed E-state index contributed by atoms with van der Waals surface area (Å²) in [5.74, 6) is 0.272. The van der Waals surface area contributed by atoms with Gasteiger partial charge in [-0.15, -0.1) is 0 Å². The molecule has 144 valence electrons. The summed E-state index contributed by atoms with van der Waals surface area (Å²) in [7, 11) is 0. The lowest BCUT2D eigenvalue weighted by atomic mass is 10.1. The van der Waals surface area contributed by atoms with E-state index < -0.39 is 6.10 Å². The van der Waals surface area contributed by atoms with Crippen molar-refractivity contribution in [2.75, 3.05) is 26.2 Å². The van der Waals surface area contributed by atoms with Crippen molar-refractivity contribution in [3.8, 4) is 5.75 Å². The smallest absolute Gasteiger partial charge is 0.126 e. The van der Waals surface area contributed by atoms with E-state index in [4.69, 9.17) is 9.47 Å². The molecule has 1 saturated heterocycles. The number of rotatable bonds is 7. The molecule has 1 aliphatic heterocycles. The maximum Gasteiger partial charge on any atom is 0.126 e. The second-order valence-electron chi connectivity index (χ2n) is 7.46. The molecule has 0 bridgehead atoms. The summed E-state index contributed by atoms with van der Waals surface area (Å²) in [6.45, 7) is 2.51. The molecule has 3 atom stereocenters. The lowest BCUT2D eigenvalue weighted by molar-refractivity contribution is -0.0200. The van der Waals surface area contributed by atoms with Gasteiger partial charge in [0, 0.05) is 25.7 Å². The summed E-state index contributed by atoms with van der Waals surface area (Å²) in [5, 5.41) is 10.4. The molecule has 4 rings (SSSR count). The van der Waals surface area contributed by atoms with Crippen LogP contribution in [0.25, 0.3) is 0 Å². The molecule has 0 radical (unpaired) electrons. The summed E-state index contributed by atoms with van der Waals surface area (Å²) in [5.41, 5.74) is 2.61. The molecule has 5 heteroatoms. The predicted octanol–water partition coefficient (Wildman–Crippen LogP) is 3.34. The minimum atomic E-state index is -0.523. The summed E-state index contributed by atoms with van der Waals surface area (Å²) < 4.78 is 25.1. The monoisotopic (exact) mass is 371 g/mol. The first kappa shape index (κ1) is 18.4. The van der Waals surface area contributed by atoms with Gasteiger partial charge < -0.3 is 14.6 Å². The number of hydrogen-bond acceptors (Lipinski definition) is 4. The summed E-state index contributed by atoms with van der Waals surface area (Å²) >= 11 is 0. The Kier molecular flexibility index (Phi) is 5.72. The molecule has 2 aromatic carbocycles. The molecule has 0 amide bonds. The van der Waals surface area contributed by atoms with Crippen molar-refractivity contribution in [1.82, 2.24) is 4.90 Å². The molecule has 27 heavy (non-hydrogen) atoms. The molecule has 2 aromatic rings. The first-order valence-corrected chi connectivity index (χ1v) is 9.69. The number of β-amino-alcohol motifs (C(OH)–C–C–N with tert-alkyl or cyclic N) is 1. The Bertz CT molecular complexity index is 769. The van der Waals surface area contributed by atoms with Gasteiger partial charge in [0.2, 0.25) is 0 Å². The summed E-state index contributed by atoms with van der Waals surface area (Å²) in [4.78, 5) is 2.18. The standard InChI is InChI=1S/C22H26FNO3/c23-17-5-3-6-19(12-17)27-20-10-11-24(14-20)13-18(25)15-26-22-9-8-16-4-1-2-7-21(16)22/h1-7,12,18,20,22,25H,8-11,13-15H2/t18?,20-,22-/m0/s1. The average Bonchev–Trinajstić information content (AvgIpc) is 3.27. The fraction of sp³-hybridized carbons (Fsp3) is 0.455. The molecule has 0 aromatic heterocycles. The number of nitrogens with zero attached hydrogens (tertiary/aromatic N) is 1. The Labute approximate surface area is 159 Å². The summed E-state index contributed by atoms with van der Waals surface area (Å²) in [6, 6.07) is 14.6. The van der Waals surface area contributed by atoms with Crippen LogP contribution in [0.5, 0.6) is 5.75 Å².